The lowest BCUT2D eigenvalue weighted by Crippen LogP contribution is -2.57. The van der Waals surface area contributed by atoms with E-state index < -0.39 is 0 Å². The van der Waals surface area contributed by atoms with Crippen molar-refractivity contribution in [2.75, 3.05) is 51.3 Å². The summed E-state index contributed by atoms with van der Waals surface area (Å²) in [5.74, 6) is 0.317. The van der Waals surface area contributed by atoms with Gasteiger partial charge in [0.15, 0.2) is 0 Å². The van der Waals surface area contributed by atoms with Gasteiger partial charge < -0.3 is 14.7 Å². The highest BCUT2D eigenvalue weighted by molar-refractivity contribution is 5.46. The predicted octanol–water partition coefficient (Wildman–Crippen LogP) is 3.37. The number of halogens is 1. The summed E-state index contributed by atoms with van der Waals surface area (Å²) < 4.78 is 19.6. The van der Waals surface area contributed by atoms with Gasteiger partial charge in [-0.1, -0.05) is 24.3 Å². The standard InChI is InChI=1S/C25H34FN3O2/c1-31-24-8-7-20(25(26)17-24)18-28-14-15-29(19-23(28)11-16-30)22-9-12-27(13-10-22)21-5-3-2-4-6-21/h2-8,17,22-23,30H,9-16,18-19H2,1H3/t23-/m0/s1. The third-order valence-electron chi connectivity index (χ3n) is 6.83. The zero-order valence-electron chi connectivity index (χ0n) is 18.4. The largest absolute Gasteiger partial charge is 0.497 e. The molecule has 168 valence electrons. The van der Waals surface area contributed by atoms with Crippen molar-refractivity contribution in [3.63, 3.8) is 0 Å². The molecule has 5 nitrogen and oxygen atoms in total. The SMILES string of the molecule is COc1ccc(CN2CCN(C3CCN(c4ccccc4)CC3)C[C@@H]2CCO)c(F)c1. The van der Waals surface area contributed by atoms with Gasteiger partial charge in [-0.2, -0.15) is 0 Å². The highest BCUT2D eigenvalue weighted by Gasteiger charge is 2.32. The number of methoxy groups -OCH3 is 1. The minimum atomic E-state index is -0.224. The fraction of sp³-hybridized carbons (Fsp3) is 0.520. The molecule has 2 fully saturated rings. The maximum atomic E-state index is 14.5. The van der Waals surface area contributed by atoms with Crippen molar-refractivity contribution in [1.29, 1.82) is 0 Å². The van der Waals surface area contributed by atoms with Gasteiger partial charge in [0.2, 0.25) is 0 Å². The van der Waals surface area contributed by atoms with Crippen LogP contribution in [0.2, 0.25) is 0 Å². The van der Waals surface area contributed by atoms with Crippen LogP contribution in [-0.2, 0) is 6.54 Å². The van der Waals surface area contributed by atoms with E-state index in [1.54, 1.807) is 7.11 Å². The first-order valence-electron chi connectivity index (χ1n) is 11.4. The van der Waals surface area contributed by atoms with Gasteiger partial charge in [0.05, 0.1) is 7.11 Å². The maximum absolute atomic E-state index is 14.5. The highest BCUT2D eigenvalue weighted by atomic mass is 19.1. The minimum absolute atomic E-state index is 0.159. The number of hydrogen-bond donors (Lipinski definition) is 1. The van der Waals surface area contributed by atoms with Crippen LogP contribution in [-0.4, -0.2) is 73.4 Å². The summed E-state index contributed by atoms with van der Waals surface area (Å²) in [4.78, 5) is 7.41. The van der Waals surface area contributed by atoms with Crippen LogP contribution in [0, 0.1) is 5.82 Å². The summed E-state index contributed by atoms with van der Waals surface area (Å²) >= 11 is 0. The summed E-state index contributed by atoms with van der Waals surface area (Å²) in [7, 11) is 1.55. The Kier molecular flexibility index (Phi) is 7.43. The van der Waals surface area contributed by atoms with E-state index in [4.69, 9.17) is 4.74 Å². The molecule has 31 heavy (non-hydrogen) atoms. The second kappa shape index (κ2) is 10.4. The number of para-hydroxylation sites is 1. The zero-order chi connectivity index (χ0) is 21.6. The first-order valence-corrected chi connectivity index (χ1v) is 11.4. The lowest BCUT2D eigenvalue weighted by Gasteiger charge is -2.47. The molecule has 0 aliphatic carbocycles. The molecule has 0 saturated carbocycles. The number of anilines is 1. The molecule has 2 aromatic rings. The van der Waals surface area contributed by atoms with E-state index in [-0.39, 0.29) is 18.5 Å². The summed E-state index contributed by atoms with van der Waals surface area (Å²) in [5.41, 5.74) is 2.00. The average Bonchev–Trinajstić information content (AvgIpc) is 2.82. The molecule has 0 unspecified atom stereocenters. The Balaban J connectivity index is 1.35. The number of piperazine rings is 1. The summed E-state index contributed by atoms with van der Waals surface area (Å²) in [5, 5.41) is 9.64. The van der Waals surface area contributed by atoms with E-state index in [0.29, 0.717) is 23.9 Å². The monoisotopic (exact) mass is 427 g/mol. The van der Waals surface area contributed by atoms with E-state index in [0.717, 1.165) is 52.0 Å². The molecule has 0 bridgehead atoms. The van der Waals surface area contributed by atoms with Gasteiger partial charge >= 0.3 is 0 Å². The molecule has 2 aliphatic rings. The minimum Gasteiger partial charge on any atom is -0.497 e. The molecule has 2 saturated heterocycles. The van der Waals surface area contributed by atoms with Crippen LogP contribution >= 0.6 is 0 Å². The van der Waals surface area contributed by atoms with Gasteiger partial charge in [-0.3, -0.25) is 9.80 Å². The number of aliphatic hydroxyl groups excluding tert-OH is 1. The Labute approximate surface area is 185 Å². The van der Waals surface area contributed by atoms with Crippen molar-refractivity contribution < 1.29 is 14.2 Å². The number of nitrogens with zero attached hydrogens (tertiary/aromatic N) is 3. The number of benzene rings is 2. The zero-order valence-corrected chi connectivity index (χ0v) is 18.4. The van der Waals surface area contributed by atoms with Crippen molar-refractivity contribution in [2.24, 2.45) is 0 Å². The van der Waals surface area contributed by atoms with Crippen molar-refractivity contribution >= 4 is 5.69 Å². The van der Waals surface area contributed by atoms with Gasteiger partial charge in [0, 0.05) is 75.3 Å². The second-order valence-corrected chi connectivity index (χ2v) is 8.64. The molecule has 2 aliphatic heterocycles. The van der Waals surface area contributed by atoms with Crippen LogP contribution in [0.1, 0.15) is 24.8 Å². The van der Waals surface area contributed by atoms with Crippen LogP contribution in [0.3, 0.4) is 0 Å². The number of hydrogen-bond acceptors (Lipinski definition) is 5. The number of aliphatic hydroxyl groups is 1. The molecule has 6 heteroatoms. The molecule has 0 aromatic heterocycles. The Morgan fingerprint density at radius 2 is 1.81 bits per heavy atom. The van der Waals surface area contributed by atoms with E-state index in [9.17, 15) is 9.50 Å². The van der Waals surface area contributed by atoms with E-state index in [1.807, 2.05) is 12.1 Å². The van der Waals surface area contributed by atoms with Gasteiger partial charge in [-0.15, -0.1) is 0 Å². The fourth-order valence-corrected chi connectivity index (χ4v) is 5.01. The van der Waals surface area contributed by atoms with Gasteiger partial charge in [0.25, 0.3) is 0 Å². The molecule has 0 amide bonds. The lowest BCUT2D eigenvalue weighted by molar-refractivity contribution is 0.0249. The van der Waals surface area contributed by atoms with Crippen molar-refractivity contribution in [2.45, 2.75) is 37.9 Å². The van der Waals surface area contributed by atoms with Crippen LogP contribution in [0.15, 0.2) is 48.5 Å². The third kappa shape index (κ3) is 5.37. The van der Waals surface area contributed by atoms with E-state index in [2.05, 4.69) is 45.0 Å². The highest BCUT2D eigenvalue weighted by Crippen LogP contribution is 2.26. The van der Waals surface area contributed by atoms with Crippen molar-refractivity contribution in [1.82, 2.24) is 9.80 Å². The fourth-order valence-electron chi connectivity index (χ4n) is 5.01. The summed E-state index contributed by atoms with van der Waals surface area (Å²) in [6, 6.07) is 16.6. The molecule has 2 aromatic carbocycles. The van der Waals surface area contributed by atoms with Crippen LogP contribution in [0.5, 0.6) is 5.75 Å². The molecular weight excluding hydrogens is 393 g/mol. The number of ether oxygens (including phenoxy) is 1. The lowest BCUT2D eigenvalue weighted by atomic mass is 9.98. The molecule has 0 radical (unpaired) electrons. The second-order valence-electron chi connectivity index (χ2n) is 8.64. The third-order valence-corrected chi connectivity index (χ3v) is 6.83. The Bertz CT molecular complexity index is 827. The van der Waals surface area contributed by atoms with Gasteiger partial charge in [-0.05, 0) is 37.5 Å². The Morgan fingerprint density at radius 3 is 2.48 bits per heavy atom. The maximum Gasteiger partial charge on any atom is 0.131 e. The predicted molar refractivity (Wildman–Crippen MR) is 122 cm³/mol. The van der Waals surface area contributed by atoms with E-state index >= 15 is 0 Å². The molecular formula is C25H34FN3O2. The first-order chi connectivity index (χ1) is 15.2. The molecule has 1 N–H and O–H groups in total. The normalized spacial score (nSPS) is 21.4. The summed E-state index contributed by atoms with van der Waals surface area (Å²) in [6.45, 7) is 5.72. The molecule has 1 atom stereocenters. The van der Waals surface area contributed by atoms with Crippen LogP contribution in [0.25, 0.3) is 0 Å². The molecule has 4 rings (SSSR count). The average molecular weight is 428 g/mol. The smallest absolute Gasteiger partial charge is 0.131 e. The van der Waals surface area contributed by atoms with Crippen molar-refractivity contribution in [3.8, 4) is 5.75 Å². The Hall–Kier alpha value is -2.15. The quantitative estimate of drug-likeness (QED) is 0.734. The number of rotatable bonds is 7. The molecule has 0 spiro atoms. The summed E-state index contributed by atoms with van der Waals surface area (Å²) in [6.07, 6.45) is 3.04. The number of piperidine rings is 1. The topological polar surface area (TPSA) is 39.2 Å². The Morgan fingerprint density at radius 1 is 1.03 bits per heavy atom. The first kappa shape index (κ1) is 22.1. The van der Waals surface area contributed by atoms with Gasteiger partial charge in [0.1, 0.15) is 11.6 Å². The molecule has 2 heterocycles. The van der Waals surface area contributed by atoms with Crippen molar-refractivity contribution in [3.05, 3.63) is 59.9 Å². The van der Waals surface area contributed by atoms with E-state index in [1.165, 1.54) is 11.8 Å². The van der Waals surface area contributed by atoms with Crippen LogP contribution in [0.4, 0.5) is 10.1 Å². The van der Waals surface area contributed by atoms with Gasteiger partial charge in [-0.25, -0.2) is 4.39 Å². The van der Waals surface area contributed by atoms with Crippen LogP contribution < -0.4 is 9.64 Å².